The topological polar surface area (TPSA) is 76.9 Å². The van der Waals surface area contributed by atoms with E-state index in [9.17, 15) is 12.8 Å². The lowest BCUT2D eigenvalue weighted by atomic mass is 10.1. The fraction of sp³-hybridized carbons (Fsp3) is 0.143. The molecule has 0 amide bonds. The molecule has 188 valence electrons. The fourth-order valence-corrected chi connectivity index (χ4v) is 6.16. The van der Waals surface area contributed by atoms with Gasteiger partial charge in [-0.1, -0.05) is 71.9 Å². The van der Waals surface area contributed by atoms with E-state index in [4.69, 9.17) is 0 Å². The highest BCUT2D eigenvalue weighted by molar-refractivity contribution is 7.98. The van der Waals surface area contributed by atoms with Gasteiger partial charge < -0.3 is 0 Å². The first-order valence-electron chi connectivity index (χ1n) is 11.7. The van der Waals surface area contributed by atoms with Crippen molar-refractivity contribution in [2.24, 2.45) is 0 Å². The quantitative estimate of drug-likeness (QED) is 0.241. The smallest absolute Gasteiger partial charge is 0.241 e. The first-order valence-corrected chi connectivity index (χ1v) is 14.2. The molecule has 0 aliphatic heterocycles. The van der Waals surface area contributed by atoms with E-state index < -0.39 is 16.1 Å². The van der Waals surface area contributed by atoms with E-state index in [0.29, 0.717) is 16.7 Å². The van der Waals surface area contributed by atoms with Crippen molar-refractivity contribution in [2.75, 3.05) is 0 Å². The van der Waals surface area contributed by atoms with Crippen LogP contribution in [0, 0.1) is 12.7 Å². The molecule has 37 heavy (non-hydrogen) atoms. The Morgan fingerprint density at radius 1 is 0.919 bits per heavy atom. The average molecular weight is 533 g/mol. The average Bonchev–Trinajstić information content (AvgIpc) is 3.32. The molecule has 0 spiro atoms. The van der Waals surface area contributed by atoms with Crippen molar-refractivity contribution in [1.29, 1.82) is 0 Å². The summed E-state index contributed by atoms with van der Waals surface area (Å²) >= 11 is 1.45. The van der Waals surface area contributed by atoms with Crippen LogP contribution in [0.2, 0.25) is 0 Å². The summed E-state index contributed by atoms with van der Waals surface area (Å²) in [6, 6.07) is 26.2. The number of hydrogen-bond acceptors (Lipinski definition) is 5. The third-order valence-corrected chi connectivity index (χ3v) is 8.52. The highest BCUT2D eigenvalue weighted by Gasteiger charge is 2.25. The molecule has 0 fully saturated rings. The van der Waals surface area contributed by atoms with E-state index in [1.807, 2.05) is 60.0 Å². The molecule has 6 nitrogen and oxygen atoms in total. The van der Waals surface area contributed by atoms with Crippen LogP contribution in [-0.2, 0) is 15.8 Å². The molecule has 9 heteroatoms. The van der Waals surface area contributed by atoms with Crippen molar-refractivity contribution in [3.8, 4) is 5.69 Å². The number of nitrogens with one attached hydrogen (secondary N) is 1. The van der Waals surface area contributed by atoms with E-state index in [2.05, 4.69) is 14.9 Å². The maximum Gasteiger partial charge on any atom is 0.241 e. The Bertz CT molecular complexity index is 1650. The van der Waals surface area contributed by atoms with E-state index in [-0.39, 0.29) is 10.7 Å². The summed E-state index contributed by atoms with van der Waals surface area (Å²) in [5, 5.41) is 11.2. The van der Waals surface area contributed by atoms with Crippen LogP contribution in [0.1, 0.15) is 29.9 Å². The molecule has 0 saturated heterocycles. The van der Waals surface area contributed by atoms with E-state index in [0.717, 1.165) is 27.6 Å². The van der Waals surface area contributed by atoms with Crippen LogP contribution in [0.4, 0.5) is 4.39 Å². The summed E-state index contributed by atoms with van der Waals surface area (Å²) in [6.07, 6.45) is 0. The van der Waals surface area contributed by atoms with Crippen molar-refractivity contribution < 1.29 is 12.8 Å². The zero-order valence-corrected chi connectivity index (χ0v) is 21.9. The third kappa shape index (κ3) is 5.58. The van der Waals surface area contributed by atoms with Gasteiger partial charge >= 0.3 is 0 Å². The lowest BCUT2D eigenvalue weighted by molar-refractivity contribution is 0.556. The van der Waals surface area contributed by atoms with Crippen LogP contribution >= 0.6 is 11.8 Å². The van der Waals surface area contributed by atoms with Crippen molar-refractivity contribution in [3.63, 3.8) is 0 Å². The van der Waals surface area contributed by atoms with E-state index in [1.165, 1.54) is 23.9 Å². The van der Waals surface area contributed by atoms with Gasteiger partial charge in [-0.25, -0.2) is 17.5 Å². The molecular formula is C28H25FN4O2S2. The number of nitrogens with zero attached hydrogens (tertiary/aromatic N) is 3. The summed E-state index contributed by atoms with van der Waals surface area (Å²) in [5.41, 5.74) is 2.87. The lowest BCUT2D eigenvalue weighted by Gasteiger charge is -2.17. The second-order valence-electron chi connectivity index (χ2n) is 8.78. The number of halogens is 1. The van der Waals surface area contributed by atoms with E-state index in [1.54, 1.807) is 37.3 Å². The van der Waals surface area contributed by atoms with Crippen LogP contribution in [-0.4, -0.2) is 23.2 Å². The van der Waals surface area contributed by atoms with Crippen LogP contribution in [0.15, 0.2) is 101 Å². The Morgan fingerprint density at radius 3 is 2.35 bits per heavy atom. The summed E-state index contributed by atoms with van der Waals surface area (Å²) < 4.78 is 44.5. The molecule has 0 radical (unpaired) electrons. The van der Waals surface area contributed by atoms with Crippen LogP contribution in [0.5, 0.6) is 0 Å². The Hall–Kier alpha value is -3.53. The van der Waals surface area contributed by atoms with Crippen molar-refractivity contribution >= 4 is 32.6 Å². The molecule has 0 saturated carbocycles. The molecule has 0 aliphatic rings. The van der Waals surface area contributed by atoms with Gasteiger partial charge in [0, 0.05) is 11.4 Å². The number of sulfonamides is 1. The molecule has 5 rings (SSSR count). The molecule has 1 heterocycles. The predicted octanol–water partition coefficient (Wildman–Crippen LogP) is 6.20. The first-order chi connectivity index (χ1) is 17.8. The number of fused-ring (bicyclic) bond motifs is 1. The maximum atomic E-state index is 13.3. The summed E-state index contributed by atoms with van der Waals surface area (Å²) in [6.45, 7) is 3.75. The van der Waals surface area contributed by atoms with Gasteiger partial charge in [-0.2, -0.15) is 0 Å². The monoisotopic (exact) mass is 532 g/mol. The van der Waals surface area contributed by atoms with Gasteiger partial charge in [-0.05, 0) is 66.6 Å². The fourth-order valence-electron chi connectivity index (χ4n) is 4.01. The van der Waals surface area contributed by atoms with Gasteiger partial charge in [0.15, 0.2) is 11.0 Å². The van der Waals surface area contributed by atoms with Crippen molar-refractivity contribution in [2.45, 2.75) is 35.7 Å². The predicted molar refractivity (Wildman–Crippen MR) is 145 cm³/mol. The van der Waals surface area contributed by atoms with E-state index >= 15 is 0 Å². The largest absolute Gasteiger partial charge is 0.273 e. The Morgan fingerprint density at radius 2 is 1.62 bits per heavy atom. The highest BCUT2D eigenvalue weighted by Crippen LogP contribution is 2.29. The number of thioether (sulfide) groups is 1. The zero-order valence-electron chi connectivity index (χ0n) is 20.3. The minimum atomic E-state index is -3.83. The van der Waals surface area contributed by atoms with Gasteiger partial charge in [0.05, 0.1) is 10.9 Å². The SMILES string of the molecule is Cc1ccc(-n2c(SCc3ccc(F)cc3)nnc2C(C)NS(=O)(=O)c2ccc3ccccc3c2)cc1. The molecule has 1 aromatic heterocycles. The van der Waals surface area contributed by atoms with Crippen LogP contribution in [0.3, 0.4) is 0 Å². The number of aromatic nitrogens is 3. The summed E-state index contributed by atoms with van der Waals surface area (Å²) in [4.78, 5) is 0.186. The Labute approximate surface area is 219 Å². The van der Waals surface area contributed by atoms with Gasteiger partial charge in [0.1, 0.15) is 5.82 Å². The summed E-state index contributed by atoms with van der Waals surface area (Å²) in [5.74, 6) is 0.739. The second-order valence-corrected chi connectivity index (χ2v) is 11.4. The number of hydrogen-bond donors (Lipinski definition) is 1. The molecular weight excluding hydrogens is 507 g/mol. The minimum Gasteiger partial charge on any atom is -0.273 e. The van der Waals surface area contributed by atoms with Gasteiger partial charge in [0.25, 0.3) is 0 Å². The normalized spacial score (nSPS) is 12.6. The first kappa shape index (κ1) is 25.1. The highest BCUT2D eigenvalue weighted by atomic mass is 32.2. The van der Waals surface area contributed by atoms with Gasteiger partial charge in [0.2, 0.25) is 10.0 Å². The molecule has 0 bridgehead atoms. The third-order valence-electron chi connectivity index (χ3n) is 5.98. The zero-order chi connectivity index (χ0) is 26.0. The minimum absolute atomic E-state index is 0.186. The van der Waals surface area contributed by atoms with Crippen LogP contribution in [0.25, 0.3) is 16.5 Å². The lowest BCUT2D eigenvalue weighted by Crippen LogP contribution is -2.28. The standard InChI is InChI=1S/C28H25FN4O2S2/c1-19-7-14-25(15-8-19)33-27(30-31-28(33)36-18-21-9-12-24(29)13-10-21)20(2)32-37(34,35)26-16-11-22-5-3-4-6-23(22)17-26/h3-17,20,32H,18H2,1-2H3. The Kier molecular flexibility index (Phi) is 7.10. The molecule has 5 aromatic rings. The number of aryl methyl sites for hydroxylation is 1. The summed E-state index contributed by atoms with van der Waals surface area (Å²) in [7, 11) is -3.83. The molecule has 1 atom stereocenters. The molecule has 4 aromatic carbocycles. The Balaban J connectivity index is 1.45. The maximum absolute atomic E-state index is 13.3. The number of benzene rings is 4. The van der Waals surface area contributed by atoms with Crippen molar-refractivity contribution in [3.05, 3.63) is 114 Å². The van der Waals surface area contributed by atoms with Crippen molar-refractivity contribution in [1.82, 2.24) is 19.5 Å². The number of rotatable bonds is 8. The molecule has 0 aliphatic carbocycles. The molecule has 1 unspecified atom stereocenters. The van der Waals surface area contributed by atoms with Gasteiger partial charge in [-0.3, -0.25) is 4.57 Å². The second kappa shape index (κ2) is 10.5. The van der Waals surface area contributed by atoms with Crippen LogP contribution < -0.4 is 4.72 Å². The van der Waals surface area contributed by atoms with Gasteiger partial charge in [-0.15, -0.1) is 10.2 Å². The molecule has 1 N–H and O–H groups in total.